The first kappa shape index (κ1) is 14.9. The van der Waals surface area contributed by atoms with Gasteiger partial charge in [-0.3, -0.25) is 9.59 Å². The van der Waals surface area contributed by atoms with Gasteiger partial charge in [-0.1, -0.05) is 18.2 Å². The van der Waals surface area contributed by atoms with Gasteiger partial charge in [0.25, 0.3) is 0 Å². The molecule has 1 aromatic carbocycles. The largest absolute Gasteiger partial charge is 0.354 e. The molecule has 0 radical (unpaired) electrons. The van der Waals surface area contributed by atoms with Crippen molar-refractivity contribution in [2.75, 3.05) is 12.3 Å². The van der Waals surface area contributed by atoms with Crippen LogP contribution in [0, 0.1) is 0 Å². The van der Waals surface area contributed by atoms with E-state index in [-0.39, 0.29) is 17.9 Å². The molecule has 0 bridgehead atoms. The molecule has 0 saturated carbocycles. The van der Waals surface area contributed by atoms with Crippen LogP contribution in [0.5, 0.6) is 0 Å². The van der Waals surface area contributed by atoms with Crippen LogP contribution in [0.2, 0.25) is 0 Å². The van der Waals surface area contributed by atoms with Gasteiger partial charge in [0, 0.05) is 23.6 Å². The Hall–Kier alpha value is -1.49. The highest BCUT2D eigenvalue weighted by atomic mass is 32.2. The number of carbonyl (C=O) groups is 2. The first-order chi connectivity index (χ1) is 9.75. The summed E-state index contributed by atoms with van der Waals surface area (Å²) in [6.45, 7) is 0.717. The molecule has 0 aliphatic carbocycles. The SMILES string of the molecule is O=C(CCSc1ccccc1)NC1CCCCNC1=O. The zero-order valence-corrected chi connectivity index (χ0v) is 12.2. The van der Waals surface area contributed by atoms with E-state index >= 15 is 0 Å². The molecule has 1 saturated heterocycles. The summed E-state index contributed by atoms with van der Waals surface area (Å²) in [5, 5.41) is 5.65. The van der Waals surface area contributed by atoms with Gasteiger partial charge in [-0.15, -0.1) is 11.8 Å². The van der Waals surface area contributed by atoms with E-state index in [1.54, 1.807) is 11.8 Å². The van der Waals surface area contributed by atoms with Crippen molar-refractivity contribution in [3.8, 4) is 0 Å². The van der Waals surface area contributed by atoms with E-state index in [1.165, 1.54) is 0 Å². The van der Waals surface area contributed by atoms with Gasteiger partial charge in [0.2, 0.25) is 11.8 Å². The molecule has 5 heteroatoms. The number of thioether (sulfide) groups is 1. The first-order valence-corrected chi connectivity index (χ1v) is 7.99. The summed E-state index contributed by atoms with van der Waals surface area (Å²) in [6.07, 6.45) is 3.14. The van der Waals surface area contributed by atoms with Crippen molar-refractivity contribution < 1.29 is 9.59 Å². The minimum absolute atomic E-state index is 0.0459. The molecular formula is C15H20N2O2S. The molecule has 108 valence electrons. The zero-order valence-electron chi connectivity index (χ0n) is 11.4. The van der Waals surface area contributed by atoms with E-state index in [0.717, 1.165) is 36.5 Å². The first-order valence-electron chi connectivity index (χ1n) is 7.00. The highest BCUT2D eigenvalue weighted by Gasteiger charge is 2.21. The van der Waals surface area contributed by atoms with Crippen LogP contribution in [0.1, 0.15) is 25.7 Å². The van der Waals surface area contributed by atoms with Crippen molar-refractivity contribution in [2.45, 2.75) is 36.6 Å². The summed E-state index contributed by atoms with van der Waals surface area (Å²) >= 11 is 1.65. The Kier molecular flexibility index (Phi) is 5.92. The average Bonchev–Trinajstić information content (AvgIpc) is 2.65. The van der Waals surface area contributed by atoms with Crippen molar-refractivity contribution in [2.24, 2.45) is 0 Å². The molecule has 1 aliphatic rings. The molecule has 2 rings (SSSR count). The Bertz CT molecular complexity index is 450. The van der Waals surface area contributed by atoms with Gasteiger partial charge >= 0.3 is 0 Å². The quantitative estimate of drug-likeness (QED) is 0.816. The lowest BCUT2D eigenvalue weighted by Crippen LogP contribution is -2.45. The van der Waals surface area contributed by atoms with Crippen LogP contribution in [0.25, 0.3) is 0 Å². The van der Waals surface area contributed by atoms with Crippen molar-refractivity contribution in [3.63, 3.8) is 0 Å². The van der Waals surface area contributed by atoms with Crippen LogP contribution < -0.4 is 10.6 Å². The Morgan fingerprint density at radius 2 is 2.10 bits per heavy atom. The van der Waals surface area contributed by atoms with Crippen molar-refractivity contribution in [3.05, 3.63) is 30.3 Å². The van der Waals surface area contributed by atoms with Crippen LogP contribution in [-0.4, -0.2) is 30.2 Å². The fourth-order valence-corrected chi connectivity index (χ4v) is 2.99. The summed E-state index contributed by atoms with van der Waals surface area (Å²) in [5.74, 6) is 0.631. The number of benzene rings is 1. The van der Waals surface area contributed by atoms with Crippen molar-refractivity contribution >= 4 is 23.6 Å². The maximum Gasteiger partial charge on any atom is 0.242 e. The average molecular weight is 292 g/mol. The lowest BCUT2D eigenvalue weighted by molar-refractivity contribution is -0.128. The van der Waals surface area contributed by atoms with E-state index in [2.05, 4.69) is 10.6 Å². The molecule has 1 aliphatic heterocycles. The zero-order chi connectivity index (χ0) is 14.2. The Labute approximate surface area is 123 Å². The standard InChI is InChI=1S/C15H20N2O2S/c18-14(9-11-20-12-6-2-1-3-7-12)17-13-8-4-5-10-16-15(13)19/h1-3,6-7,13H,4-5,8-11H2,(H,16,19)(H,17,18). The smallest absolute Gasteiger partial charge is 0.242 e. The molecule has 20 heavy (non-hydrogen) atoms. The Balaban J connectivity index is 1.70. The molecule has 1 fully saturated rings. The van der Waals surface area contributed by atoms with Gasteiger partial charge in [-0.2, -0.15) is 0 Å². The number of hydrogen-bond acceptors (Lipinski definition) is 3. The van der Waals surface area contributed by atoms with E-state index in [0.29, 0.717) is 6.42 Å². The monoisotopic (exact) mass is 292 g/mol. The highest BCUT2D eigenvalue weighted by molar-refractivity contribution is 7.99. The minimum atomic E-state index is -0.355. The van der Waals surface area contributed by atoms with Crippen LogP contribution in [0.4, 0.5) is 0 Å². The van der Waals surface area contributed by atoms with Crippen LogP contribution in [0.3, 0.4) is 0 Å². The molecule has 1 atom stereocenters. The van der Waals surface area contributed by atoms with E-state index < -0.39 is 0 Å². The second kappa shape index (κ2) is 7.94. The van der Waals surface area contributed by atoms with Gasteiger partial charge in [-0.25, -0.2) is 0 Å². The summed E-state index contributed by atoms with van der Waals surface area (Å²) < 4.78 is 0. The molecule has 4 nitrogen and oxygen atoms in total. The molecule has 1 heterocycles. The van der Waals surface area contributed by atoms with Gasteiger partial charge in [0.05, 0.1) is 0 Å². The molecular weight excluding hydrogens is 272 g/mol. The highest BCUT2D eigenvalue weighted by Crippen LogP contribution is 2.17. The van der Waals surface area contributed by atoms with Gasteiger partial charge < -0.3 is 10.6 Å². The predicted octanol–water partition coefficient (Wildman–Crippen LogP) is 1.95. The second-order valence-corrected chi connectivity index (χ2v) is 5.99. The van der Waals surface area contributed by atoms with E-state index in [9.17, 15) is 9.59 Å². The lowest BCUT2D eigenvalue weighted by atomic mass is 10.1. The number of amides is 2. The van der Waals surface area contributed by atoms with Gasteiger partial charge in [-0.05, 0) is 31.4 Å². The second-order valence-electron chi connectivity index (χ2n) is 4.82. The van der Waals surface area contributed by atoms with Crippen LogP contribution in [0.15, 0.2) is 35.2 Å². The van der Waals surface area contributed by atoms with E-state index in [1.807, 2.05) is 30.3 Å². The van der Waals surface area contributed by atoms with Gasteiger partial charge in [0.1, 0.15) is 6.04 Å². The number of carbonyl (C=O) groups excluding carboxylic acids is 2. The number of nitrogens with one attached hydrogen (secondary N) is 2. The molecule has 1 aromatic rings. The minimum Gasteiger partial charge on any atom is -0.354 e. The summed E-state index contributed by atoms with van der Waals surface area (Å²) in [4.78, 5) is 24.7. The number of rotatable bonds is 5. The maximum atomic E-state index is 11.9. The summed E-state index contributed by atoms with van der Waals surface area (Å²) in [6, 6.07) is 9.65. The molecule has 0 spiro atoms. The fraction of sp³-hybridized carbons (Fsp3) is 0.467. The third kappa shape index (κ3) is 4.89. The van der Waals surface area contributed by atoms with Crippen molar-refractivity contribution in [1.82, 2.24) is 10.6 Å². The molecule has 2 N–H and O–H groups in total. The third-order valence-electron chi connectivity index (χ3n) is 3.21. The van der Waals surface area contributed by atoms with Crippen LogP contribution in [-0.2, 0) is 9.59 Å². The number of hydrogen-bond donors (Lipinski definition) is 2. The maximum absolute atomic E-state index is 11.9. The predicted molar refractivity (Wildman–Crippen MR) is 80.6 cm³/mol. The lowest BCUT2D eigenvalue weighted by Gasteiger charge is -2.15. The molecule has 0 aromatic heterocycles. The molecule has 1 unspecified atom stereocenters. The van der Waals surface area contributed by atoms with E-state index in [4.69, 9.17) is 0 Å². The summed E-state index contributed by atoms with van der Waals surface area (Å²) in [7, 11) is 0. The van der Waals surface area contributed by atoms with Crippen molar-refractivity contribution in [1.29, 1.82) is 0 Å². The molecule has 2 amide bonds. The fourth-order valence-electron chi connectivity index (χ4n) is 2.12. The van der Waals surface area contributed by atoms with Gasteiger partial charge in [0.15, 0.2) is 0 Å². The normalized spacial score (nSPS) is 19.0. The topological polar surface area (TPSA) is 58.2 Å². The Morgan fingerprint density at radius 3 is 2.90 bits per heavy atom. The third-order valence-corrected chi connectivity index (χ3v) is 4.23. The Morgan fingerprint density at radius 1 is 1.30 bits per heavy atom. The van der Waals surface area contributed by atoms with Crippen LogP contribution >= 0.6 is 11.8 Å². The summed E-state index contributed by atoms with van der Waals surface area (Å²) in [5.41, 5.74) is 0.